The lowest BCUT2D eigenvalue weighted by atomic mass is 9.44. The van der Waals surface area contributed by atoms with Crippen LogP contribution in [-0.4, -0.2) is 0 Å². The summed E-state index contributed by atoms with van der Waals surface area (Å²) in [6.45, 7) is 24.8. The van der Waals surface area contributed by atoms with Gasteiger partial charge in [-0.05, 0) is 40.9 Å². The number of hydrogen-bond acceptors (Lipinski definition) is 0. The van der Waals surface area contributed by atoms with Gasteiger partial charge in [0.25, 0.3) is 0 Å². The van der Waals surface area contributed by atoms with Gasteiger partial charge in [0, 0.05) is 0 Å². The van der Waals surface area contributed by atoms with E-state index in [1.807, 2.05) is 0 Å². The first-order chi connectivity index (χ1) is 11.0. The summed E-state index contributed by atoms with van der Waals surface area (Å²) in [6.07, 6.45) is 12.2. The molecular weight excluding hydrogens is 288 g/mol. The standard InChI is InChI=1S/C24H50/c1-11-14-17-21(6)24(22(7,8)13-3,19-15-16-20(4)5)23(9,10)18-12-2/h20-21H,11-19H2,1-10H3. The van der Waals surface area contributed by atoms with Crippen molar-refractivity contribution in [1.29, 1.82) is 0 Å². The Kier molecular flexibility index (Phi) is 10.2. The monoisotopic (exact) mass is 338 g/mol. The second-order valence-electron chi connectivity index (χ2n) is 10.2. The molecule has 0 saturated carbocycles. The molecular formula is C24H50. The minimum absolute atomic E-state index is 0.399. The van der Waals surface area contributed by atoms with Crippen LogP contribution in [-0.2, 0) is 0 Å². The van der Waals surface area contributed by atoms with Crippen LogP contribution in [0.3, 0.4) is 0 Å². The second-order valence-corrected chi connectivity index (χ2v) is 10.2. The maximum Gasteiger partial charge on any atom is -0.0169 e. The van der Waals surface area contributed by atoms with E-state index in [4.69, 9.17) is 0 Å². The summed E-state index contributed by atoms with van der Waals surface area (Å²) >= 11 is 0. The Hall–Kier alpha value is 0. The fourth-order valence-electron chi connectivity index (χ4n) is 5.88. The van der Waals surface area contributed by atoms with Gasteiger partial charge in [-0.2, -0.15) is 0 Å². The van der Waals surface area contributed by atoms with Crippen LogP contribution < -0.4 is 0 Å². The van der Waals surface area contributed by atoms with Crippen LogP contribution in [0, 0.1) is 28.1 Å². The first-order valence-corrected chi connectivity index (χ1v) is 11.0. The highest BCUT2D eigenvalue weighted by Gasteiger charge is 2.55. The molecule has 0 bridgehead atoms. The topological polar surface area (TPSA) is 0 Å². The summed E-state index contributed by atoms with van der Waals surface area (Å²) in [5, 5.41) is 0. The second kappa shape index (κ2) is 10.2. The minimum atomic E-state index is 0.399. The van der Waals surface area contributed by atoms with Crippen molar-refractivity contribution >= 4 is 0 Å². The van der Waals surface area contributed by atoms with Crippen LogP contribution in [0.5, 0.6) is 0 Å². The third kappa shape index (κ3) is 5.50. The third-order valence-corrected chi connectivity index (χ3v) is 7.36. The Morgan fingerprint density at radius 3 is 1.67 bits per heavy atom. The summed E-state index contributed by atoms with van der Waals surface area (Å²) in [5.74, 6) is 1.63. The molecule has 0 rings (SSSR count). The van der Waals surface area contributed by atoms with E-state index in [1.165, 1.54) is 57.8 Å². The smallest absolute Gasteiger partial charge is 0.0169 e. The highest BCUT2D eigenvalue weighted by molar-refractivity contribution is 5.04. The average Bonchev–Trinajstić information content (AvgIpc) is 2.48. The third-order valence-electron chi connectivity index (χ3n) is 7.36. The van der Waals surface area contributed by atoms with Gasteiger partial charge in [-0.1, -0.05) is 114 Å². The van der Waals surface area contributed by atoms with Crippen molar-refractivity contribution in [1.82, 2.24) is 0 Å². The van der Waals surface area contributed by atoms with Crippen molar-refractivity contribution in [3.05, 3.63) is 0 Å². The average molecular weight is 339 g/mol. The fraction of sp³-hybridized carbons (Fsp3) is 1.00. The van der Waals surface area contributed by atoms with E-state index in [1.54, 1.807) is 0 Å². The van der Waals surface area contributed by atoms with Gasteiger partial charge in [0.15, 0.2) is 0 Å². The van der Waals surface area contributed by atoms with Crippen molar-refractivity contribution in [2.24, 2.45) is 28.1 Å². The molecule has 0 aliphatic heterocycles. The van der Waals surface area contributed by atoms with Crippen molar-refractivity contribution in [3.8, 4) is 0 Å². The molecule has 24 heavy (non-hydrogen) atoms. The lowest BCUT2D eigenvalue weighted by molar-refractivity contribution is -0.116. The maximum absolute atomic E-state index is 2.59. The summed E-state index contributed by atoms with van der Waals surface area (Å²) in [5.41, 5.74) is 1.25. The quantitative estimate of drug-likeness (QED) is 0.314. The molecule has 2 unspecified atom stereocenters. The van der Waals surface area contributed by atoms with Crippen molar-refractivity contribution < 1.29 is 0 Å². The van der Waals surface area contributed by atoms with Crippen LogP contribution in [0.2, 0.25) is 0 Å². The first-order valence-electron chi connectivity index (χ1n) is 11.0. The molecule has 2 atom stereocenters. The zero-order chi connectivity index (χ0) is 19.0. The fourth-order valence-corrected chi connectivity index (χ4v) is 5.88. The molecule has 0 N–H and O–H groups in total. The van der Waals surface area contributed by atoms with E-state index in [0.717, 1.165) is 11.8 Å². The normalized spacial score (nSPS) is 17.1. The van der Waals surface area contributed by atoms with E-state index in [0.29, 0.717) is 16.2 Å². The zero-order valence-corrected chi connectivity index (χ0v) is 19.0. The molecule has 0 amide bonds. The SMILES string of the molecule is CCCCC(C)C(CCCC(C)C)(C(C)(C)CC)C(C)(C)CCC. The number of unbranched alkanes of at least 4 members (excludes halogenated alkanes) is 1. The van der Waals surface area contributed by atoms with Gasteiger partial charge in [-0.15, -0.1) is 0 Å². The van der Waals surface area contributed by atoms with Crippen LogP contribution >= 0.6 is 0 Å². The van der Waals surface area contributed by atoms with Crippen molar-refractivity contribution in [3.63, 3.8) is 0 Å². The van der Waals surface area contributed by atoms with Gasteiger partial charge in [0.1, 0.15) is 0 Å². The number of rotatable bonds is 13. The molecule has 0 saturated heterocycles. The van der Waals surface area contributed by atoms with E-state index < -0.39 is 0 Å². The Bertz CT molecular complexity index is 323. The van der Waals surface area contributed by atoms with E-state index in [2.05, 4.69) is 69.2 Å². The Balaban J connectivity index is 5.91. The first kappa shape index (κ1) is 24.0. The van der Waals surface area contributed by atoms with Gasteiger partial charge in [-0.3, -0.25) is 0 Å². The molecule has 0 heterocycles. The molecule has 0 fully saturated rings. The Morgan fingerprint density at radius 1 is 0.667 bits per heavy atom. The minimum Gasteiger partial charge on any atom is -0.0654 e. The molecule has 0 aromatic rings. The number of hydrogen-bond donors (Lipinski definition) is 0. The predicted molar refractivity (Wildman–Crippen MR) is 113 cm³/mol. The molecule has 0 aromatic carbocycles. The lowest BCUT2D eigenvalue weighted by Crippen LogP contribution is -2.53. The van der Waals surface area contributed by atoms with Gasteiger partial charge in [0.05, 0.1) is 0 Å². The molecule has 146 valence electrons. The Labute approximate surface area is 155 Å². The summed E-state index contributed by atoms with van der Waals surface area (Å²) < 4.78 is 0. The van der Waals surface area contributed by atoms with Gasteiger partial charge < -0.3 is 0 Å². The van der Waals surface area contributed by atoms with E-state index in [-0.39, 0.29) is 0 Å². The molecule has 0 spiro atoms. The van der Waals surface area contributed by atoms with Crippen LogP contribution in [0.15, 0.2) is 0 Å². The van der Waals surface area contributed by atoms with Crippen LogP contribution in [0.4, 0.5) is 0 Å². The molecule has 0 nitrogen and oxygen atoms in total. The summed E-state index contributed by atoms with van der Waals surface area (Å²) in [4.78, 5) is 0. The molecule has 0 aliphatic rings. The molecule has 0 radical (unpaired) electrons. The molecule has 0 aliphatic carbocycles. The van der Waals surface area contributed by atoms with Gasteiger partial charge in [0.2, 0.25) is 0 Å². The lowest BCUT2D eigenvalue weighted by Gasteiger charge is -2.60. The van der Waals surface area contributed by atoms with Crippen LogP contribution in [0.1, 0.15) is 127 Å². The zero-order valence-electron chi connectivity index (χ0n) is 19.0. The summed E-state index contributed by atoms with van der Waals surface area (Å²) in [6, 6.07) is 0. The van der Waals surface area contributed by atoms with E-state index >= 15 is 0 Å². The van der Waals surface area contributed by atoms with Crippen LogP contribution in [0.25, 0.3) is 0 Å². The summed E-state index contributed by atoms with van der Waals surface area (Å²) in [7, 11) is 0. The van der Waals surface area contributed by atoms with Gasteiger partial charge >= 0.3 is 0 Å². The highest BCUT2D eigenvalue weighted by atomic mass is 14.6. The Morgan fingerprint density at radius 2 is 1.25 bits per heavy atom. The van der Waals surface area contributed by atoms with Gasteiger partial charge in [-0.25, -0.2) is 0 Å². The highest BCUT2D eigenvalue weighted by Crippen LogP contribution is 2.63. The van der Waals surface area contributed by atoms with Crippen molar-refractivity contribution in [2.75, 3.05) is 0 Å². The molecule has 0 aromatic heterocycles. The largest absolute Gasteiger partial charge is 0.0654 e. The molecule has 0 heteroatoms. The maximum atomic E-state index is 2.59. The van der Waals surface area contributed by atoms with E-state index in [9.17, 15) is 0 Å². The predicted octanol–water partition coefficient (Wildman–Crippen LogP) is 8.89. The van der Waals surface area contributed by atoms with Crippen molar-refractivity contribution in [2.45, 2.75) is 127 Å².